The molecule has 3 aromatic carbocycles. The van der Waals surface area contributed by atoms with Crippen LogP contribution < -0.4 is 4.74 Å². The van der Waals surface area contributed by atoms with Crippen LogP contribution in [0.4, 0.5) is 0 Å². The molecule has 1 N–H and O–H groups in total. The van der Waals surface area contributed by atoms with Gasteiger partial charge in [0.15, 0.2) is 0 Å². The average molecular weight is 304 g/mol. The maximum atomic E-state index is 11.5. The highest BCUT2D eigenvalue weighted by Crippen LogP contribution is 2.27. The normalized spacial score (nSPS) is 10.3. The molecule has 23 heavy (non-hydrogen) atoms. The molecule has 0 saturated carbocycles. The van der Waals surface area contributed by atoms with E-state index in [0.29, 0.717) is 12.4 Å². The molecule has 0 atom stereocenters. The minimum atomic E-state index is -0.995. The van der Waals surface area contributed by atoms with Crippen LogP contribution in [0.15, 0.2) is 78.9 Å². The van der Waals surface area contributed by atoms with E-state index in [-0.39, 0.29) is 5.56 Å². The van der Waals surface area contributed by atoms with Crippen LogP contribution in [0.3, 0.4) is 0 Å². The lowest BCUT2D eigenvalue weighted by molar-refractivity contribution is 0.0692. The van der Waals surface area contributed by atoms with Crippen molar-refractivity contribution >= 4 is 5.97 Å². The van der Waals surface area contributed by atoms with E-state index in [9.17, 15) is 9.90 Å². The fourth-order valence-electron chi connectivity index (χ4n) is 2.37. The lowest BCUT2D eigenvalue weighted by Crippen LogP contribution is -2.03. The Morgan fingerprint density at radius 3 is 2.13 bits per heavy atom. The van der Waals surface area contributed by atoms with Crippen molar-refractivity contribution in [3.05, 3.63) is 90.0 Å². The Balaban J connectivity index is 1.87. The number of hydrogen-bond donors (Lipinski definition) is 1. The molecule has 0 aromatic heterocycles. The molecule has 0 heterocycles. The van der Waals surface area contributed by atoms with E-state index in [1.165, 1.54) is 0 Å². The second-order valence-corrected chi connectivity index (χ2v) is 5.16. The third kappa shape index (κ3) is 3.58. The van der Waals surface area contributed by atoms with Gasteiger partial charge in [0.1, 0.15) is 17.9 Å². The van der Waals surface area contributed by atoms with Gasteiger partial charge in [-0.15, -0.1) is 0 Å². The fraction of sp³-hybridized carbons (Fsp3) is 0.0500. The van der Waals surface area contributed by atoms with Gasteiger partial charge in [-0.3, -0.25) is 0 Å². The summed E-state index contributed by atoms with van der Waals surface area (Å²) in [5, 5.41) is 9.45. The first-order valence-electron chi connectivity index (χ1n) is 7.33. The standard InChI is InChI=1S/C20H16O3/c21-20(22)18-13-17(16-9-5-2-6-10-16)11-12-19(18)23-14-15-7-3-1-4-8-15/h1-13H,14H2,(H,21,22). The van der Waals surface area contributed by atoms with Crippen molar-refractivity contribution in [2.75, 3.05) is 0 Å². The lowest BCUT2D eigenvalue weighted by atomic mass is 10.0. The molecule has 0 fully saturated rings. The minimum absolute atomic E-state index is 0.169. The summed E-state index contributed by atoms with van der Waals surface area (Å²) < 4.78 is 5.69. The van der Waals surface area contributed by atoms with E-state index in [4.69, 9.17) is 4.74 Å². The second-order valence-electron chi connectivity index (χ2n) is 5.16. The summed E-state index contributed by atoms with van der Waals surface area (Å²) in [7, 11) is 0. The van der Waals surface area contributed by atoms with E-state index in [1.807, 2.05) is 66.7 Å². The summed E-state index contributed by atoms with van der Waals surface area (Å²) in [5.74, 6) is -0.619. The maximum absolute atomic E-state index is 11.5. The van der Waals surface area contributed by atoms with Crippen LogP contribution in [0, 0.1) is 0 Å². The van der Waals surface area contributed by atoms with E-state index in [0.717, 1.165) is 16.7 Å². The quantitative estimate of drug-likeness (QED) is 0.747. The average Bonchev–Trinajstić information content (AvgIpc) is 2.61. The molecule has 0 radical (unpaired) electrons. The highest BCUT2D eigenvalue weighted by atomic mass is 16.5. The Bertz CT molecular complexity index is 796. The predicted octanol–water partition coefficient (Wildman–Crippen LogP) is 4.63. The van der Waals surface area contributed by atoms with Crippen molar-refractivity contribution in [2.24, 2.45) is 0 Å². The SMILES string of the molecule is O=C(O)c1cc(-c2ccccc2)ccc1OCc1ccccc1. The Hall–Kier alpha value is -3.07. The molecule has 3 heteroatoms. The van der Waals surface area contributed by atoms with Crippen LogP contribution >= 0.6 is 0 Å². The maximum Gasteiger partial charge on any atom is 0.339 e. The lowest BCUT2D eigenvalue weighted by Gasteiger charge is -2.11. The molecule has 0 spiro atoms. The molecule has 0 bridgehead atoms. The van der Waals surface area contributed by atoms with Crippen molar-refractivity contribution in [3.8, 4) is 16.9 Å². The van der Waals surface area contributed by atoms with Crippen molar-refractivity contribution in [1.82, 2.24) is 0 Å². The number of ether oxygens (including phenoxy) is 1. The van der Waals surface area contributed by atoms with Gasteiger partial charge in [0, 0.05) is 0 Å². The molecule has 3 aromatic rings. The zero-order valence-corrected chi connectivity index (χ0v) is 12.5. The Morgan fingerprint density at radius 2 is 1.48 bits per heavy atom. The van der Waals surface area contributed by atoms with Crippen molar-refractivity contribution in [3.63, 3.8) is 0 Å². The summed E-state index contributed by atoms with van der Waals surface area (Å²) in [6.45, 7) is 0.339. The van der Waals surface area contributed by atoms with Gasteiger partial charge in [0.2, 0.25) is 0 Å². The largest absolute Gasteiger partial charge is 0.488 e. The highest BCUT2D eigenvalue weighted by molar-refractivity contribution is 5.92. The molecule has 3 nitrogen and oxygen atoms in total. The first-order valence-corrected chi connectivity index (χ1v) is 7.33. The third-order valence-corrected chi connectivity index (χ3v) is 3.55. The molecule has 0 aliphatic heterocycles. The molecule has 0 aliphatic rings. The van der Waals surface area contributed by atoms with Gasteiger partial charge >= 0.3 is 5.97 Å². The summed E-state index contributed by atoms with van der Waals surface area (Å²) in [6, 6.07) is 24.6. The van der Waals surface area contributed by atoms with Crippen LogP contribution in [-0.2, 0) is 6.61 Å². The van der Waals surface area contributed by atoms with Gasteiger partial charge < -0.3 is 9.84 Å². The molecule has 0 saturated heterocycles. The van der Waals surface area contributed by atoms with E-state index >= 15 is 0 Å². The topological polar surface area (TPSA) is 46.5 Å². The van der Waals surface area contributed by atoms with Gasteiger partial charge in [0.05, 0.1) is 0 Å². The number of aromatic carboxylic acids is 1. The van der Waals surface area contributed by atoms with E-state index in [1.54, 1.807) is 12.1 Å². The van der Waals surface area contributed by atoms with Crippen LogP contribution in [-0.4, -0.2) is 11.1 Å². The molecule has 3 rings (SSSR count). The van der Waals surface area contributed by atoms with Gasteiger partial charge in [-0.1, -0.05) is 66.7 Å². The summed E-state index contributed by atoms with van der Waals surface area (Å²) in [4.78, 5) is 11.5. The van der Waals surface area contributed by atoms with E-state index < -0.39 is 5.97 Å². The third-order valence-electron chi connectivity index (χ3n) is 3.55. The number of carbonyl (C=O) groups is 1. The molecule has 0 amide bonds. The van der Waals surface area contributed by atoms with Crippen molar-refractivity contribution < 1.29 is 14.6 Å². The monoisotopic (exact) mass is 304 g/mol. The highest BCUT2D eigenvalue weighted by Gasteiger charge is 2.13. The fourth-order valence-corrected chi connectivity index (χ4v) is 2.37. The number of carboxylic acids is 1. The molecule has 0 aliphatic carbocycles. The summed E-state index contributed by atoms with van der Waals surface area (Å²) >= 11 is 0. The molecular weight excluding hydrogens is 288 g/mol. The molecular formula is C20H16O3. The summed E-state index contributed by atoms with van der Waals surface area (Å²) in [6.07, 6.45) is 0. The second kappa shape index (κ2) is 6.79. The van der Waals surface area contributed by atoms with Crippen LogP contribution in [0.25, 0.3) is 11.1 Å². The Kier molecular flexibility index (Phi) is 4.39. The Morgan fingerprint density at radius 1 is 0.826 bits per heavy atom. The zero-order valence-electron chi connectivity index (χ0n) is 12.5. The van der Waals surface area contributed by atoms with Crippen molar-refractivity contribution in [1.29, 1.82) is 0 Å². The smallest absolute Gasteiger partial charge is 0.339 e. The van der Waals surface area contributed by atoms with Crippen LogP contribution in [0.2, 0.25) is 0 Å². The predicted molar refractivity (Wildman–Crippen MR) is 89.6 cm³/mol. The van der Waals surface area contributed by atoms with Gasteiger partial charge in [-0.25, -0.2) is 4.79 Å². The number of hydrogen-bond acceptors (Lipinski definition) is 2. The first-order chi connectivity index (χ1) is 11.2. The molecule has 0 unspecified atom stereocenters. The number of rotatable bonds is 5. The molecule has 114 valence electrons. The van der Waals surface area contributed by atoms with Crippen LogP contribution in [0.5, 0.6) is 5.75 Å². The number of carboxylic acid groups (broad SMARTS) is 1. The Labute approximate surface area is 134 Å². The van der Waals surface area contributed by atoms with Gasteiger partial charge in [-0.2, -0.15) is 0 Å². The summed E-state index contributed by atoms with van der Waals surface area (Å²) in [5.41, 5.74) is 3.00. The van der Waals surface area contributed by atoms with Crippen LogP contribution in [0.1, 0.15) is 15.9 Å². The number of benzene rings is 3. The first kappa shape index (κ1) is 14.9. The van der Waals surface area contributed by atoms with Gasteiger partial charge in [0.25, 0.3) is 0 Å². The van der Waals surface area contributed by atoms with Crippen molar-refractivity contribution in [2.45, 2.75) is 6.61 Å². The zero-order chi connectivity index (χ0) is 16.1. The minimum Gasteiger partial charge on any atom is -0.488 e. The van der Waals surface area contributed by atoms with Gasteiger partial charge in [-0.05, 0) is 28.8 Å². The van der Waals surface area contributed by atoms with E-state index in [2.05, 4.69) is 0 Å².